The molecule has 1 N–H and O–H groups in total. The monoisotopic (exact) mass is 370 g/mol. The number of rotatable bonds is 7. The van der Waals surface area contributed by atoms with Gasteiger partial charge in [-0.1, -0.05) is 36.4 Å². The van der Waals surface area contributed by atoms with E-state index in [9.17, 15) is 9.90 Å². The molecule has 0 saturated carbocycles. The van der Waals surface area contributed by atoms with Gasteiger partial charge in [-0.15, -0.1) is 23.1 Å². The zero-order valence-corrected chi connectivity index (χ0v) is 15.4. The minimum Gasteiger partial charge on any atom is -0.478 e. The number of thiophene rings is 1. The summed E-state index contributed by atoms with van der Waals surface area (Å²) < 4.78 is 0. The summed E-state index contributed by atoms with van der Waals surface area (Å²) in [5.41, 5.74) is 2.01. The number of benzene rings is 1. The Labute approximate surface area is 155 Å². The van der Waals surface area contributed by atoms with Gasteiger partial charge in [-0.05, 0) is 42.5 Å². The standard InChI is InChI=1S/C19H18N2O2S2/c1-13-16(19(22)23)18(21-17(20-13)15-10-6-11-24-15)25-12-5-9-14-7-3-2-4-8-14/h2-4,6-8,10-11H,5,9,12H2,1H3,(H,22,23). The summed E-state index contributed by atoms with van der Waals surface area (Å²) in [7, 11) is 0. The van der Waals surface area contributed by atoms with Crippen LogP contribution in [-0.4, -0.2) is 26.8 Å². The first-order valence-corrected chi connectivity index (χ1v) is 9.84. The van der Waals surface area contributed by atoms with Crippen molar-refractivity contribution in [3.05, 3.63) is 64.7 Å². The zero-order chi connectivity index (χ0) is 17.6. The summed E-state index contributed by atoms with van der Waals surface area (Å²) in [5, 5.41) is 12.0. The Kier molecular flexibility index (Phi) is 5.83. The molecule has 0 bridgehead atoms. The quantitative estimate of drug-likeness (QED) is 0.363. The summed E-state index contributed by atoms with van der Waals surface area (Å²) in [6, 6.07) is 14.2. The highest BCUT2D eigenvalue weighted by molar-refractivity contribution is 7.99. The maximum absolute atomic E-state index is 11.6. The molecule has 0 radical (unpaired) electrons. The van der Waals surface area contributed by atoms with Crippen molar-refractivity contribution in [3.8, 4) is 10.7 Å². The molecule has 3 aromatic rings. The largest absolute Gasteiger partial charge is 0.478 e. The number of aromatic carboxylic acids is 1. The predicted octanol–water partition coefficient (Wildman–Crippen LogP) is 4.94. The highest BCUT2D eigenvalue weighted by Gasteiger charge is 2.19. The van der Waals surface area contributed by atoms with Crippen molar-refractivity contribution in [1.82, 2.24) is 9.97 Å². The molecular weight excluding hydrogens is 352 g/mol. The molecule has 0 amide bonds. The van der Waals surface area contributed by atoms with Gasteiger partial charge in [0.15, 0.2) is 5.82 Å². The number of carboxylic acid groups (broad SMARTS) is 1. The molecule has 128 valence electrons. The fourth-order valence-corrected chi connectivity index (χ4v) is 4.17. The molecule has 0 aliphatic heterocycles. The first kappa shape index (κ1) is 17.6. The van der Waals surface area contributed by atoms with Crippen LogP contribution in [-0.2, 0) is 6.42 Å². The molecule has 0 fully saturated rings. The Morgan fingerprint density at radius 1 is 1.16 bits per heavy atom. The number of hydrogen-bond donors (Lipinski definition) is 1. The molecule has 0 spiro atoms. The van der Waals surface area contributed by atoms with Crippen LogP contribution in [0.4, 0.5) is 0 Å². The van der Waals surface area contributed by atoms with E-state index < -0.39 is 5.97 Å². The summed E-state index contributed by atoms with van der Waals surface area (Å²) in [5.74, 6) is 0.444. The number of aromatic nitrogens is 2. The van der Waals surface area contributed by atoms with Crippen LogP contribution in [0.1, 0.15) is 28.0 Å². The molecule has 2 heterocycles. The summed E-state index contributed by atoms with van der Waals surface area (Å²) in [6.07, 6.45) is 1.93. The minimum absolute atomic E-state index is 0.213. The Morgan fingerprint density at radius 2 is 1.96 bits per heavy atom. The van der Waals surface area contributed by atoms with Crippen molar-refractivity contribution in [3.63, 3.8) is 0 Å². The van der Waals surface area contributed by atoms with E-state index >= 15 is 0 Å². The van der Waals surface area contributed by atoms with Gasteiger partial charge in [-0.2, -0.15) is 0 Å². The van der Waals surface area contributed by atoms with E-state index in [0.717, 1.165) is 23.5 Å². The lowest BCUT2D eigenvalue weighted by Gasteiger charge is -2.09. The highest BCUT2D eigenvalue weighted by Crippen LogP contribution is 2.29. The normalized spacial score (nSPS) is 10.8. The third-order valence-corrected chi connectivity index (χ3v) is 5.63. The molecule has 25 heavy (non-hydrogen) atoms. The summed E-state index contributed by atoms with van der Waals surface area (Å²) in [6.45, 7) is 1.73. The van der Waals surface area contributed by atoms with Crippen molar-refractivity contribution in [2.24, 2.45) is 0 Å². The summed E-state index contributed by atoms with van der Waals surface area (Å²) in [4.78, 5) is 21.5. The molecule has 3 rings (SSSR count). The van der Waals surface area contributed by atoms with Crippen molar-refractivity contribution in [2.75, 3.05) is 5.75 Å². The Bertz CT molecular complexity index is 849. The summed E-state index contributed by atoms with van der Waals surface area (Å²) >= 11 is 3.04. The Hall–Kier alpha value is -2.18. The van der Waals surface area contributed by atoms with E-state index in [4.69, 9.17) is 0 Å². The second kappa shape index (κ2) is 8.27. The minimum atomic E-state index is -0.971. The van der Waals surface area contributed by atoms with Gasteiger partial charge >= 0.3 is 5.97 Å². The topological polar surface area (TPSA) is 63.1 Å². The van der Waals surface area contributed by atoms with Gasteiger partial charge < -0.3 is 5.11 Å². The van der Waals surface area contributed by atoms with E-state index in [0.29, 0.717) is 16.5 Å². The molecule has 0 aliphatic rings. The SMILES string of the molecule is Cc1nc(-c2cccs2)nc(SCCCc2ccccc2)c1C(=O)O. The van der Waals surface area contributed by atoms with Gasteiger partial charge in [-0.25, -0.2) is 14.8 Å². The highest BCUT2D eigenvalue weighted by atomic mass is 32.2. The van der Waals surface area contributed by atoms with E-state index in [1.807, 2.05) is 35.7 Å². The Balaban J connectivity index is 1.75. The smallest absolute Gasteiger partial charge is 0.340 e. The zero-order valence-electron chi connectivity index (χ0n) is 13.8. The molecule has 6 heteroatoms. The molecule has 0 atom stereocenters. The first-order valence-electron chi connectivity index (χ1n) is 7.97. The number of carbonyl (C=O) groups is 1. The third kappa shape index (κ3) is 4.46. The van der Waals surface area contributed by atoms with Gasteiger partial charge in [0.1, 0.15) is 10.6 Å². The van der Waals surface area contributed by atoms with Gasteiger partial charge in [-0.3, -0.25) is 0 Å². The molecule has 0 saturated heterocycles. The van der Waals surface area contributed by atoms with E-state index in [2.05, 4.69) is 22.1 Å². The number of nitrogens with zero attached hydrogens (tertiary/aromatic N) is 2. The van der Waals surface area contributed by atoms with Crippen LogP contribution in [0, 0.1) is 6.92 Å². The molecular formula is C19H18N2O2S2. The van der Waals surface area contributed by atoms with Crippen molar-refractivity contribution in [1.29, 1.82) is 0 Å². The fraction of sp³-hybridized carbons (Fsp3) is 0.211. The van der Waals surface area contributed by atoms with Crippen LogP contribution < -0.4 is 0 Å². The lowest BCUT2D eigenvalue weighted by molar-refractivity contribution is 0.0691. The van der Waals surface area contributed by atoms with Crippen LogP contribution in [0.3, 0.4) is 0 Å². The number of hydrogen-bond acceptors (Lipinski definition) is 5. The number of thioether (sulfide) groups is 1. The van der Waals surface area contributed by atoms with E-state index in [-0.39, 0.29) is 5.56 Å². The molecule has 2 aromatic heterocycles. The van der Waals surface area contributed by atoms with E-state index in [1.165, 1.54) is 17.3 Å². The molecule has 4 nitrogen and oxygen atoms in total. The fourth-order valence-electron chi connectivity index (χ4n) is 2.50. The van der Waals surface area contributed by atoms with Crippen LogP contribution in [0.25, 0.3) is 10.7 Å². The number of aryl methyl sites for hydroxylation is 2. The van der Waals surface area contributed by atoms with Gasteiger partial charge in [0.25, 0.3) is 0 Å². The average Bonchev–Trinajstić information content (AvgIpc) is 3.13. The van der Waals surface area contributed by atoms with Crippen molar-refractivity contribution >= 4 is 29.1 Å². The second-order valence-corrected chi connectivity index (χ2v) is 7.56. The predicted molar refractivity (Wildman–Crippen MR) is 103 cm³/mol. The van der Waals surface area contributed by atoms with Crippen molar-refractivity contribution in [2.45, 2.75) is 24.8 Å². The van der Waals surface area contributed by atoms with Crippen LogP contribution in [0.5, 0.6) is 0 Å². The van der Waals surface area contributed by atoms with Gasteiger partial charge in [0.2, 0.25) is 0 Å². The maximum atomic E-state index is 11.6. The van der Waals surface area contributed by atoms with Crippen LogP contribution in [0.15, 0.2) is 52.9 Å². The molecule has 0 aliphatic carbocycles. The van der Waals surface area contributed by atoms with E-state index in [1.54, 1.807) is 18.3 Å². The molecule has 1 aromatic carbocycles. The third-order valence-electron chi connectivity index (χ3n) is 3.70. The lowest BCUT2D eigenvalue weighted by Crippen LogP contribution is -2.08. The van der Waals surface area contributed by atoms with Crippen LogP contribution in [0.2, 0.25) is 0 Å². The van der Waals surface area contributed by atoms with Crippen LogP contribution >= 0.6 is 23.1 Å². The molecule has 0 unspecified atom stereocenters. The first-order chi connectivity index (χ1) is 12.1. The van der Waals surface area contributed by atoms with Gasteiger partial charge in [0.05, 0.1) is 10.6 Å². The lowest BCUT2D eigenvalue weighted by atomic mass is 10.1. The van der Waals surface area contributed by atoms with Gasteiger partial charge in [0, 0.05) is 0 Å². The Morgan fingerprint density at radius 3 is 2.64 bits per heavy atom. The maximum Gasteiger partial charge on any atom is 0.340 e. The number of carboxylic acids is 1. The second-order valence-electron chi connectivity index (χ2n) is 5.53. The average molecular weight is 370 g/mol. The van der Waals surface area contributed by atoms with Crippen molar-refractivity contribution < 1.29 is 9.90 Å².